The number of carbonyl (C=O) groups excluding carboxylic acids is 1. The highest BCUT2D eigenvalue weighted by Gasteiger charge is 2.17. The van der Waals surface area contributed by atoms with Gasteiger partial charge in [-0.15, -0.1) is 0 Å². The molecule has 2 rings (SSSR count). The molecule has 5 nitrogen and oxygen atoms in total. The van der Waals surface area contributed by atoms with Crippen LogP contribution in [0.5, 0.6) is 11.5 Å². The Labute approximate surface area is 125 Å². The fourth-order valence-electron chi connectivity index (χ4n) is 1.98. The number of benzene rings is 1. The van der Waals surface area contributed by atoms with Crippen LogP contribution in [0.4, 0.5) is 0 Å². The summed E-state index contributed by atoms with van der Waals surface area (Å²) in [4.78, 5) is 11.9. The Balaban J connectivity index is 1.94. The normalized spacial score (nSPS) is 15.4. The highest BCUT2D eigenvalue weighted by atomic mass is 16.6. The van der Waals surface area contributed by atoms with Crippen LogP contribution in [0.15, 0.2) is 18.2 Å². The number of carbonyl (C=O) groups is 1. The van der Waals surface area contributed by atoms with Gasteiger partial charge in [0.2, 0.25) is 5.91 Å². The lowest BCUT2D eigenvalue weighted by Crippen LogP contribution is -2.33. The molecule has 0 fully saturated rings. The molecule has 21 heavy (non-hydrogen) atoms. The van der Waals surface area contributed by atoms with Crippen LogP contribution in [0.1, 0.15) is 39.3 Å². The molecule has 1 aliphatic heterocycles. The van der Waals surface area contributed by atoms with Gasteiger partial charge in [-0.25, -0.2) is 0 Å². The van der Waals surface area contributed by atoms with E-state index < -0.39 is 0 Å². The van der Waals surface area contributed by atoms with Gasteiger partial charge in [-0.1, -0.05) is 6.07 Å². The predicted octanol–water partition coefficient (Wildman–Crippen LogP) is 2.45. The first-order chi connectivity index (χ1) is 9.85. The topological polar surface area (TPSA) is 56.8 Å². The fourth-order valence-corrected chi connectivity index (χ4v) is 1.98. The minimum absolute atomic E-state index is 0.0540. The highest BCUT2D eigenvalue weighted by Crippen LogP contribution is 2.32. The summed E-state index contributed by atoms with van der Waals surface area (Å²) < 4.78 is 16.5. The number of hydrogen-bond acceptors (Lipinski definition) is 4. The van der Waals surface area contributed by atoms with Crippen LogP contribution in [0.25, 0.3) is 0 Å². The first-order valence-corrected chi connectivity index (χ1v) is 7.18. The molecule has 1 amide bonds. The number of hydrogen-bond donors (Lipinski definition) is 1. The standard InChI is InChI=1S/C16H23NO4/c1-11(17-15(18)10-21-16(2,3)4)12-5-6-13-14(9-12)20-8-7-19-13/h5-6,9,11H,7-8,10H2,1-4H3,(H,17,18). The summed E-state index contributed by atoms with van der Waals surface area (Å²) >= 11 is 0. The third-order valence-corrected chi connectivity index (χ3v) is 3.08. The van der Waals surface area contributed by atoms with E-state index in [0.717, 1.165) is 17.1 Å². The van der Waals surface area contributed by atoms with Crippen molar-refractivity contribution in [1.29, 1.82) is 0 Å². The summed E-state index contributed by atoms with van der Waals surface area (Å²) in [6, 6.07) is 5.60. The maximum Gasteiger partial charge on any atom is 0.246 e. The Morgan fingerprint density at radius 2 is 1.95 bits per heavy atom. The monoisotopic (exact) mass is 293 g/mol. The van der Waals surface area contributed by atoms with Gasteiger partial charge in [0, 0.05) is 0 Å². The van der Waals surface area contributed by atoms with Crippen molar-refractivity contribution < 1.29 is 19.0 Å². The van der Waals surface area contributed by atoms with Crippen molar-refractivity contribution in [2.45, 2.75) is 39.3 Å². The van der Waals surface area contributed by atoms with Gasteiger partial charge in [-0.05, 0) is 45.4 Å². The molecule has 1 aromatic rings. The van der Waals surface area contributed by atoms with Crippen LogP contribution in [0.2, 0.25) is 0 Å². The van der Waals surface area contributed by atoms with E-state index in [1.807, 2.05) is 45.9 Å². The quantitative estimate of drug-likeness (QED) is 0.926. The van der Waals surface area contributed by atoms with Crippen LogP contribution < -0.4 is 14.8 Å². The zero-order valence-corrected chi connectivity index (χ0v) is 13.1. The van der Waals surface area contributed by atoms with Gasteiger partial charge in [0.05, 0.1) is 11.6 Å². The third-order valence-electron chi connectivity index (χ3n) is 3.08. The molecular weight excluding hydrogens is 270 g/mol. The van der Waals surface area contributed by atoms with E-state index >= 15 is 0 Å². The Bertz CT molecular complexity index is 507. The average molecular weight is 293 g/mol. The Kier molecular flexibility index (Phi) is 4.73. The number of fused-ring (bicyclic) bond motifs is 1. The van der Waals surface area contributed by atoms with Crippen LogP contribution in [-0.2, 0) is 9.53 Å². The fraction of sp³-hybridized carbons (Fsp3) is 0.562. The molecule has 116 valence electrons. The van der Waals surface area contributed by atoms with Crippen molar-refractivity contribution in [2.75, 3.05) is 19.8 Å². The minimum Gasteiger partial charge on any atom is -0.486 e. The van der Waals surface area contributed by atoms with Crippen molar-refractivity contribution in [3.05, 3.63) is 23.8 Å². The molecule has 0 saturated carbocycles. The van der Waals surface area contributed by atoms with Crippen molar-refractivity contribution >= 4 is 5.91 Å². The lowest BCUT2D eigenvalue weighted by atomic mass is 10.1. The van der Waals surface area contributed by atoms with E-state index in [-0.39, 0.29) is 24.2 Å². The maximum absolute atomic E-state index is 11.9. The van der Waals surface area contributed by atoms with Crippen LogP contribution in [0, 0.1) is 0 Å². The van der Waals surface area contributed by atoms with E-state index in [1.165, 1.54) is 0 Å². The number of nitrogens with one attached hydrogen (secondary N) is 1. The molecule has 0 aromatic heterocycles. The molecule has 0 aliphatic carbocycles. The second-order valence-corrected chi connectivity index (χ2v) is 6.09. The number of amides is 1. The molecular formula is C16H23NO4. The van der Waals surface area contributed by atoms with Crippen molar-refractivity contribution in [1.82, 2.24) is 5.32 Å². The van der Waals surface area contributed by atoms with Gasteiger partial charge in [-0.3, -0.25) is 4.79 Å². The van der Waals surface area contributed by atoms with Gasteiger partial charge < -0.3 is 19.5 Å². The summed E-state index contributed by atoms with van der Waals surface area (Å²) in [5.41, 5.74) is 0.653. The van der Waals surface area contributed by atoms with Gasteiger partial charge in [-0.2, -0.15) is 0 Å². The summed E-state index contributed by atoms with van der Waals surface area (Å²) in [5.74, 6) is 1.35. The lowest BCUT2D eigenvalue weighted by Gasteiger charge is -2.22. The largest absolute Gasteiger partial charge is 0.486 e. The Morgan fingerprint density at radius 1 is 1.29 bits per heavy atom. The van der Waals surface area contributed by atoms with Crippen molar-refractivity contribution in [3.8, 4) is 11.5 Å². The van der Waals surface area contributed by atoms with E-state index in [0.29, 0.717) is 13.2 Å². The van der Waals surface area contributed by atoms with Crippen molar-refractivity contribution in [3.63, 3.8) is 0 Å². The Morgan fingerprint density at radius 3 is 2.62 bits per heavy atom. The molecule has 1 heterocycles. The van der Waals surface area contributed by atoms with Gasteiger partial charge >= 0.3 is 0 Å². The molecule has 1 atom stereocenters. The molecule has 5 heteroatoms. The molecule has 1 unspecified atom stereocenters. The van der Waals surface area contributed by atoms with Crippen LogP contribution in [-0.4, -0.2) is 31.3 Å². The second kappa shape index (κ2) is 6.35. The van der Waals surface area contributed by atoms with Crippen LogP contribution >= 0.6 is 0 Å². The van der Waals surface area contributed by atoms with E-state index in [2.05, 4.69) is 5.32 Å². The summed E-state index contributed by atoms with van der Waals surface area (Å²) in [7, 11) is 0. The average Bonchev–Trinajstić information content (AvgIpc) is 2.44. The second-order valence-electron chi connectivity index (χ2n) is 6.09. The number of ether oxygens (including phenoxy) is 3. The first kappa shape index (κ1) is 15.6. The SMILES string of the molecule is CC(NC(=O)COC(C)(C)C)c1ccc2c(c1)OCCO2. The van der Waals surface area contributed by atoms with Gasteiger partial charge in [0.25, 0.3) is 0 Å². The zero-order chi connectivity index (χ0) is 15.5. The van der Waals surface area contributed by atoms with E-state index in [1.54, 1.807) is 0 Å². The first-order valence-electron chi connectivity index (χ1n) is 7.18. The zero-order valence-electron chi connectivity index (χ0n) is 13.1. The minimum atomic E-state index is -0.322. The number of rotatable bonds is 4. The van der Waals surface area contributed by atoms with Gasteiger partial charge in [0.15, 0.2) is 11.5 Å². The molecule has 0 spiro atoms. The summed E-state index contributed by atoms with van der Waals surface area (Å²) in [6.07, 6.45) is 0. The Hall–Kier alpha value is -1.75. The van der Waals surface area contributed by atoms with E-state index in [9.17, 15) is 4.79 Å². The molecule has 1 aromatic carbocycles. The molecule has 0 saturated heterocycles. The molecule has 0 bridgehead atoms. The summed E-state index contributed by atoms with van der Waals surface area (Å²) in [5, 5.41) is 2.92. The smallest absolute Gasteiger partial charge is 0.246 e. The lowest BCUT2D eigenvalue weighted by molar-refractivity contribution is -0.131. The molecule has 1 N–H and O–H groups in total. The molecule has 1 aliphatic rings. The highest BCUT2D eigenvalue weighted by molar-refractivity contribution is 5.77. The summed E-state index contributed by atoms with van der Waals surface area (Å²) in [6.45, 7) is 8.87. The van der Waals surface area contributed by atoms with Crippen LogP contribution in [0.3, 0.4) is 0 Å². The van der Waals surface area contributed by atoms with Gasteiger partial charge in [0.1, 0.15) is 19.8 Å². The predicted molar refractivity (Wildman–Crippen MR) is 79.7 cm³/mol. The van der Waals surface area contributed by atoms with E-state index in [4.69, 9.17) is 14.2 Å². The third kappa shape index (κ3) is 4.63. The van der Waals surface area contributed by atoms with Crippen molar-refractivity contribution in [2.24, 2.45) is 0 Å². The molecule has 0 radical (unpaired) electrons. The maximum atomic E-state index is 11.9.